The number of hydrogen-bond donors (Lipinski definition) is 2. The molecule has 0 heterocycles. The van der Waals surface area contributed by atoms with Crippen molar-refractivity contribution >= 4 is 5.69 Å². The Hall–Kier alpha value is -1.66. The van der Waals surface area contributed by atoms with Gasteiger partial charge in [0.15, 0.2) is 5.75 Å². The monoisotopic (exact) mass is 281 g/mol. The first-order valence-corrected chi connectivity index (χ1v) is 6.96. The number of likely N-dealkylation sites (N-methyl/N-ethyl adjacent to an activating group) is 1. The Morgan fingerprint density at radius 2 is 2.15 bits per heavy atom. The van der Waals surface area contributed by atoms with E-state index in [0.29, 0.717) is 6.54 Å². The first kappa shape index (κ1) is 16.4. The average Bonchev–Trinajstić information content (AvgIpc) is 2.44. The highest BCUT2D eigenvalue weighted by molar-refractivity contribution is 5.48. The van der Waals surface area contributed by atoms with Crippen molar-refractivity contribution in [1.82, 2.24) is 4.90 Å². The van der Waals surface area contributed by atoms with Crippen molar-refractivity contribution in [2.45, 2.75) is 32.7 Å². The average molecular weight is 281 g/mol. The number of phenols is 1. The number of nitro benzene ring substituents is 1. The standard InChI is InChI=1S/C14H23N3O3/c1-3-5-8-16(4-2)13(10-15)11-6-7-14(18)12(9-11)17(19)20/h6-7,9,13,18H,3-5,8,10,15H2,1-2H3. The van der Waals surface area contributed by atoms with Crippen LogP contribution in [0.25, 0.3) is 0 Å². The molecule has 0 amide bonds. The first-order valence-electron chi connectivity index (χ1n) is 6.96. The van der Waals surface area contributed by atoms with Gasteiger partial charge in [0.05, 0.1) is 4.92 Å². The van der Waals surface area contributed by atoms with Gasteiger partial charge in [-0.1, -0.05) is 26.3 Å². The van der Waals surface area contributed by atoms with E-state index in [1.165, 1.54) is 12.1 Å². The molecule has 0 aliphatic rings. The molecule has 0 spiro atoms. The van der Waals surface area contributed by atoms with Gasteiger partial charge in [0.25, 0.3) is 0 Å². The minimum atomic E-state index is -0.575. The number of aromatic hydroxyl groups is 1. The second-order valence-corrected chi connectivity index (χ2v) is 4.74. The van der Waals surface area contributed by atoms with E-state index >= 15 is 0 Å². The minimum Gasteiger partial charge on any atom is -0.502 e. The summed E-state index contributed by atoms with van der Waals surface area (Å²) in [5.41, 5.74) is 6.35. The molecule has 0 aliphatic carbocycles. The van der Waals surface area contributed by atoms with Gasteiger partial charge >= 0.3 is 5.69 Å². The summed E-state index contributed by atoms with van der Waals surface area (Å²) in [6.45, 7) is 6.30. The normalized spacial score (nSPS) is 12.6. The highest BCUT2D eigenvalue weighted by Gasteiger charge is 2.21. The van der Waals surface area contributed by atoms with Crippen LogP contribution in [0.4, 0.5) is 5.69 Å². The fourth-order valence-electron chi connectivity index (χ4n) is 2.29. The Balaban J connectivity index is 3.04. The molecule has 0 saturated heterocycles. The zero-order valence-electron chi connectivity index (χ0n) is 12.1. The number of benzene rings is 1. The van der Waals surface area contributed by atoms with Crippen molar-refractivity contribution < 1.29 is 10.0 Å². The zero-order chi connectivity index (χ0) is 15.1. The Morgan fingerprint density at radius 1 is 1.45 bits per heavy atom. The number of hydrogen-bond acceptors (Lipinski definition) is 5. The lowest BCUT2D eigenvalue weighted by Crippen LogP contribution is -2.34. The number of unbranched alkanes of at least 4 members (excludes halogenated alkanes) is 1. The summed E-state index contributed by atoms with van der Waals surface area (Å²) in [5.74, 6) is -0.314. The van der Waals surface area contributed by atoms with Gasteiger partial charge in [0.2, 0.25) is 0 Å². The van der Waals surface area contributed by atoms with Crippen LogP contribution < -0.4 is 5.73 Å². The number of phenolic OH excluding ortho intramolecular Hbond substituents is 1. The maximum absolute atomic E-state index is 10.9. The molecule has 0 fully saturated rings. The predicted molar refractivity (Wildman–Crippen MR) is 78.7 cm³/mol. The fourth-order valence-corrected chi connectivity index (χ4v) is 2.29. The molecule has 0 radical (unpaired) electrons. The van der Waals surface area contributed by atoms with E-state index in [1.54, 1.807) is 6.07 Å². The van der Waals surface area contributed by atoms with Gasteiger partial charge < -0.3 is 10.8 Å². The fraction of sp³-hybridized carbons (Fsp3) is 0.571. The van der Waals surface area contributed by atoms with Crippen LogP contribution in [0.5, 0.6) is 5.75 Å². The van der Waals surface area contributed by atoms with Crippen molar-refractivity contribution in [3.8, 4) is 5.75 Å². The molecule has 0 aromatic heterocycles. The van der Waals surface area contributed by atoms with E-state index in [2.05, 4.69) is 11.8 Å². The number of nitrogens with two attached hydrogens (primary N) is 1. The van der Waals surface area contributed by atoms with Gasteiger partial charge in [-0.15, -0.1) is 0 Å². The molecular formula is C14H23N3O3. The van der Waals surface area contributed by atoms with Crippen molar-refractivity contribution in [1.29, 1.82) is 0 Å². The van der Waals surface area contributed by atoms with Crippen molar-refractivity contribution in [2.75, 3.05) is 19.6 Å². The van der Waals surface area contributed by atoms with Crippen LogP contribution in [-0.2, 0) is 0 Å². The molecular weight excluding hydrogens is 258 g/mol. The van der Waals surface area contributed by atoms with E-state index < -0.39 is 4.92 Å². The maximum atomic E-state index is 10.9. The molecule has 3 N–H and O–H groups in total. The van der Waals surface area contributed by atoms with Gasteiger partial charge in [-0.05, 0) is 31.1 Å². The summed E-state index contributed by atoms with van der Waals surface area (Å²) in [7, 11) is 0. The Kier molecular flexibility index (Phi) is 6.41. The highest BCUT2D eigenvalue weighted by Crippen LogP contribution is 2.30. The van der Waals surface area contributed by atoms with Gasteiger partial charge in [0.1, 0.15) is 0 Å². The highest BCUT2D eigenvalue weighted by atomic mass is 16.6. The molecule has 1 unspecified atom stereocenters. The second-order valence-electron chi connectivity index (χ2n) is 4.74. The van der Waals surface area contributed by atoms with Crippen LogP contribution >= 0.6 is 0 Å². The third-order valence-corrected chi connectivity index (χ3v) is 3.45. The van der Waals surface area contributed by atoms with E-state index in [1.807, 2.05) is 6.92 Å². The van der Waals surface area contributed by atoms with Crippen molar-refractivity contribution in [2.24, 2.45) is 5.73 Å². The quantitative estimate of drug-likeness (QED) is 0.564. The van der Waals surface area contributed by atoms with Gasteiger partial charge in [-0.25, -0.2) is 0 Å². The Labute approximate surface area is 119 Å². The lowest BCUT2D eigenvalue weighted by Gasteiger charge is -2.30. The topological polar surface area (TPSA) is 92.6 Å². The van der Waals surface area contributed by atoms with Crippen molar-refractivity contribution in [3.63, 3.8) is 0 Å². The first-order chi connectivity index (χ1) is 9.54. The second kappa shape index (κ2) is 7.81. The van der Waals surface area contributed by atoms with Crippen LogP contribution in [0, 0.1) is 10.1 Å². The molecule has 1 aromatic carbocycles. The molecule has 1 atom stereocenters. The molecule has 20 heavy (non-hydrogen) atoms. The summed E-state index contributed by atoms with van der Waals surface area (Å²) < 4.78 is 0. The summed E-state index contributed by atoms with van der Waals surface area (Å²) in [5, 5.41) is 20.4. The molecule has 6 heteroatoms. The van der Waals surface area contributed by atoms with E-state index in [-0.39, 0.29) is 17.5 Å². The number of nitrogens with zero attached hydrogens (tertiary/aromatic N) is 2. The maximum Gasteiger partial charge on any atom is 0.311 e. The van der Waals surface area contributed by atoms with E-state index in [9.17, 15) is 15.2 Å². The summed E-state index contributed by atoms with van der Waals surface area (Å²) in [4.78, 5) is 12.5. The van der Waals surface area contributed by atoms with Crippen LogP contribution in [0.2, 0.25) is 0 Å². The van der Waals surface area contributed by atoms with Crippen LogP contribution in [0.15, 0.2) is 18.2 Å². The molecule has 0 bridgehead atoms. The summed E-state index contributed by atoms with van der Waals surface area (Å²) in [6.07, 6.45) is 2.15. The third-order valence-electron chi connectivity index (χ3n) is 3.45. The van der Waals surface area contributed by atoms with Gasteiger partial charge in [-0.2, -0.15) is 0 Å². The molecule has 1 rings (SSSR count). The SMILES string of the molecule is CCCCN(CC)C(CN)c1ccc(O)c([N+](=O)[O-])c1. The Bertz CT molecular complexity index is 451. The van der Waals surface area contributed by atoms with Crippen LogP contribution in [-0.4, -0.2) is 34.6 Å². The zero-order valence-corrected chi connectivity index (χ0v) is 12.1. The summed E-state index contributed by atoms with van der Waals surface area (Å²) >= 11 is 0. The molecule has 112 valence electrons. The summed E-state index contributed by atoms with van der Waals surface area (Å²) in [6, 6.07) is 4.42. The van der Waals surface area contributed by atoms with Gasteiger partial charge in [0, 0.05) is 18.7 Å². The smallest absolute Gasteiger partial charge is 0.311 e. The van der Waals surface area contributed by atoms with Crippen molar-refractivity contribution in [3.05, 3.63) is 33.9 Å². The molecule has 1 aromatic rings. The Morgan fingerprint density at radius 3 is 2.65 bits per heavy atom. The lowest BCUT2D eigenvalue weighted by atomic mass is 10.0. The largest absolute Gasteiger partial charge is 0.502 e. The molecule has 0 saturated carbocycles. The van der Waals surface area contributed by atoms with E-state index in [4.69, 9.17) is 5.73 Å². The molecule has 6 nitrogen and oxygen atoms in total. The predicted octanol–water partition coefficient (Wildman–Crippen LogP) is 2.42. The van der Waals surface area contributed by atoms with Crippen LogP contribution in [0.3, 0.4) is 0 Å². The minimum absolute atomic E-state index is 0.0640. The molecule has 0 aliphatic heterocycles. The lowest BCUT2D eigenvalue weighted by molar-refractivity contribution is -0.386. The third kappa shape index (κ3) is 3.91. The number of rotatable bonds is 8. The number of nitro groups is 1. The van der Waals surface area contributed by atoms with E-state index in [0.717, 1.165) is 31.5 Å². The van der Waals surface area contributed by atoms with Gasteiger partial charge in [-0.3, -0.25) is 15.0 Å². The van der Waals surface area contributed by atoms with Crippen LogP contribution in [0.1, 0.15) is 38.3 Å².